The molecule has 1 atom stereocenters. The number of carbonyl (C=O) groups is 1. The first-order valence-electron chi connectivity index (χ1n) is 3.51. The monoisotopic (exact) mass is 188 g/mol. The number of primary amides is 1. The van der Waals surface area contributed by atoms with E-state index in [-0.39, 0.29) is 6.10 Å². The van der Waals surface area contributed by atoms with Gasteiger partial charge in [0.15, 0.2) is 0 Å². The van der Waals surface area contributed by atoms with Crippen molar-refractivity contribution < 1.29 is 15.0 Å². The fourth-order valence-corrected chi connectivity index (χ4v) is 0.598. The van der Waals surface area contributed by atoms with Crippen LogP contribution in [-0.4, -0.2) is 37.2 Å². The van der Waals surface area contributed by atoms with Gasteiger partial charge in [0.1, 0.15) is 12.7 Å². The number of hydrogen-bond donors (Lipinski definition) is 3. The van der Waals surface area contributed by atoms with Crippen LogP contribution >= 0.6 is 0 Å². The maximum Gasteiger partial charge on any atom is 0.402 e. The minimum Gasteiger partial charge on any atom is -0.465 e. The molecule has 13 heavy (non-hydrogen) atoms. The van der Waals surface area contributed by atoms with Gasteiger partial charge in [0.2, 0.25) is 0 Å². The number of nitrogens with zero attached hydrogens (tertiary/aromatic N) is 3. The summed E-state index contributed by atoms with van der Waals surface area (Å²) in [5.41, 5.74) is 4.03. The molecule has 0 aliphatic heterocycles. The van der Waals surface area contributed by atoms with Crippen LogP contribution in [0.4, 0.5) is 4.79 Å². The molecule has 1 aromatic heterocycles. The highest BCUT2D eigenvalue weighted by molar-refractivity contribution is 5.61. The van der Waals surface area contributed by atoms with Gasteiger partial charge in [-0.25, -0.2) is 9.78 Å². The zero-order chi connectivity index (χ0) is 10.3. The largest absolute Gasteiger partial charge is 0.465 e. The molecule has 1 unspecified atom stereocenters. The number of hydrogen-bond acceptors (Lipinski definition) is 4. The third kappa shape index (κ3) is 8.27. The van der Waals surface area contributed by atoms with E-state index >= 15 is 0 Å². The predicted octanol–water partition coefficient (Wildman–Crippen LogP) is -0.718. The molecule has 7 heteroatoms. The van der Waals surface area contributed by atoms with E-state index in [1.807, 2.05) is 0 Å². The summed E-state index contributed by atoms with van der Waals surface area (Å²) in [7, 11) is 0. The van der Waals surface area contributed by atoms with Crippen molar-refractivity contribution in [1.82, 2.24) is 14.8 Å². The Balaban J connectivity index is 0.000000310. The number of rotatable bonds is 2. The molecular weight excluding hydrogens is 176 g/mol. The van der Waals surface area contributed by atoms with Gasteiger partial charge in [-0.1, -0.05) is 0 Å². The maximum atomic E-state index is 8.84. The van der Waals surface area contributed by atoms with Gasteiger partial charge < -0.3 is 15.9 Å². The minimum absolute atomic E-state index is 0.355. The Morgan fingerprint density at radius 2 is 2.31 bits per heavy atom. The normalized spacial score (nSPS) is 11.2. The lowest BCUT2D eigenvalue weighted by molar-refractivity contribution is 0.168. The van der Waals surface area contributed by atoms with Gasteiger partial charge in [0.05, 0.1) is 12.6 Å². The van der Waals surface area contributed by atoms with Crippen molar-refractivity contribution in [1.29, 1.82) is 0 Å². The lowest BCUT2D eigenvalue weighted by Gasteiger charge is -2.00. The molecule has 74 valence electrons. The first-order valence-corrected chi connectivity index (χ1v) is 3.51. The number of nitrogens with two attached hydrogens (primary N) is 1. The lowest BCUT2D eigenvalue weighted by Crippen LogP contribution is -2.11. The van der Waals surface area contributed by atoms with E-state index in [4.69, 9.17) is 15.0 Å². The van der Waals surface area contributed by atoms with Crippen LogP contribution in [0.5, 0.6) is 0 Å². The Labute approximate surface area is 74.8 Å². The summed E-state index contributed by atoms with van der Waals surface area (Å²) in [5, 5.41) is 19.8. The molecule has 0 radical (unpaired) electrons. The average molecular weight is 188 g/mol. The Morgan fingerprint density at radius 3 is 2.62 bits per heavy atom. The highest BCUT2D eigenvalue weighted by Crippen LogP contribution is 1.85. The molecule has 1 amide bonds. The second kappa shape index (κ2) is 5.95. The summed E-state index contributed by atoms with van der Waals surface area (Å²) >= 11 is 0. The number of amides is 1. The highest BCUT2D eigenvalue weighted by Gasteiger charge is 1.95. The second-order valence-electron chi connectivity index (χ2n) is 2.30. The van der Waals surface area contributed by atoms with Crippen molar-refractivity contribution in [3.8, 4) is 0 Å². The van der Waals surface area contributed by atoms with Crippen LogP contribution in [0.25, 0.3) is 0 Å². The Kier molecular flexibility index (Phi) is 5.20. The maximum absolute atomic E-state index is 8.84. The van der Waals surface area contributed by atoms with Gasteiger partial charge in [-0.2, -0.15) is 5.10 Å². The summed E-state index contributed by atoms with van der Waals surface area (Å²) in [6.07, 6.45) is 1.33. The second-order valence-corrected chi connectivity index (χ2v) is 2.30. The van der Waals surface area contributed by atoms with Crippen LogP contribution in [0.3, 0.4) is 0 Å². The topological polar surface area (TPSA) is 114 Å². The summed E-state index contributed by atoms with van der Waals surface area (Å²) in [6.45, 7) is 2.22. The zero-order valence-corrected chi connectivity index (χ0v) is 7.16. The SMILES string of the molecule is CC(O)Cn1cncn1.NC(=O)O. The molecule has 0 aliphatic rings. The Hall–Kier alpha value is -1.63. The summed E-state index contributed by atoms with van der Waals surface area (Å²) in [4.78, 5) is 12.5. The molecule has 1 heterocycles. The molecule has 0 saturated heterocycles. The van der Waals surface area contributed by atoms with Crippen molar-refractivity contribution in [2.75, 3.05) is 0 Å². The Morgan fingerprint density at radius 1 is 1.77 bits per heavy atom. The Bertz CT molecular complexity index is 230. The van der Waals surface area contributed by atoms with Gasteiger partial charge in [0.25, 0.3) is 0 Å². The summed E-state index contributed by atoms with van der Waals surface area (Å²) < 4.78 is 1.59. The fraction of sp³-hybridized carbons (Fsp3) is 0.500. The van der Waals surface area contributed by atoms with Crippen molar-refractivity contribution in [2.24, 2.45) is 5.73 Å². The van der Waals surface area contributed by atoms with Crippen LogP contribution < -0.4 is 5.73 Å². The van der Waals surface area contributed by atoms with Crippen molar-refractivity contribution in [3.63, 3.8) is 0 Å². The molecule has 0 aliphatic carbocycles. The molecule has 0 saturated carbocycles. The van der Waals surface area contributed by atoms with Gasteiger partial charge in [-0.05, 0) is 6.92 Å². The minimum atomic E-state index is -1.33. The third-order valence-electron chi connectivity index (χ3n) is 0.918. The van der Waals surface area contributed by atoms with Gasteiger partial charge in [0, 0.05) is 0 Å². The number of aromatic nitrogens is 3. The van der Waals surface area contributed by atoms with E-state index in [9.17, 15) is 0 Å². The zero-order valence-electron chi connectivity index (χ0n) is 7.16. The molecular formula is C6H12N4O3. The van der Waals surface area contributed by atoms with Crippen molar-refractivity contribution in [3.05, 3.63) is 12.7 Å². The van der Waals surface area contributed by atoms with E-state index in [0.29, 0.717) is 6.54 Å². The highest BCUT2D eigenvalue weighted by atomic mass is 16.4. The number of aliphatic hydroxyl groups is 1. The average Bonchev–Trinajstić information content (AvgIpc) is 2.36. The van der Waals surface area contributed by atoms with Crippen LogP contribution in [-0.2, 0) is 6.54 Å². The smallest absolute Gasteiger partial charge is 0.402 e. The molecule has 0 bridgehead atoms. The molecule has 0 aromatic carbocycles. The molecule has 0 fully saturated rings. The van der Waals surface area contributed by atoms with E-state index in [2.05, 4.69) is 15.8 Å². The molecule has 1 rings (SSSR count). The van der Waals surface area contributed by atoms with Gasteiger partial charge >= 0.3 is 6.09 Å². The van der Waals surface area contributed by atoms with Gasteiger partial charge in [-0.15, -0.1) is 0 Å². The standard InChI is InChI=1S/C5H9N3O.CH3NO2/c1-5(9)2-8-4-6-3-7-8;2-1(3)4/h3-5,9H,2H2,1H3;2H2,(H,3,4). The summed E-state index contributed by atoms with van der Waals surface area (Å²) in [5.74, 6) is 0. The van der Waals surface area contributed by atoms with Crippen LogP contribution in [0, 0.1) is 0 Å². The first kappa shape index (κ1) is 11.4. The number of aliphatic hydroxyl groups excluding tert-OH is 1. The number of carboxylic acid groups (broad SMARTS) is 1. The van der Waals surface area contributed by atoms with Crippen LogP contribution in [0.2, 0.25) is 0 Å². The fourth-order valence-electron chi connectivity index (χ4n) is 0.598. The van der Waals surface area contributed by atoms with E-state index in [0.717, 1.165) is 0 Å². The molecule has 7 nitrogen and oxygen atoms in total. The molecule has 4 N–H and O–H groups in total. The lowest BCUT2D eigenvalue weighted by atomic mass is 10.4. The van der Waals surface area contributed by atoms with Crippen molar-refractivity contribution >= 4 is 6.09 Å². The quantitative estimate of drug-likeness (QED) is 0.566. The summed E-state index contributed by atoms with van der Waals surface area (Å²) in [6, 6.07) is 0. The first-order chi connectivity index (χ1) is 6.02. The molecule has 0 spiro atoms. The van der Waals surface area contributed by atoms with Crippen LogP contribution in [0.1, 0.15) is 6.92 Å². The predicted molar refractivity (Wildman–Crippen MR) is 43.9 cm³/mol. The van der Waals surface area contributed by atoms with E-state index in [1.54, 1.807) is 17.9 Å². The molecule has 1 aromatic rings. The van der Waals surface area contributed by atoms with Gasteiger partial charge in [-0.3, -0.25) is 4.68 Å². The van der Waals surface area contributed by atoms with Crippen molar-refractivity contribution in [2.45, 2.75) is 19.6 Å². The van der Waals surface area contributed by atoms with E-state index < -0.39 is 6.09 Å². The third-order valence-corrected chi connectivity index (χ3v) is 0.918. The van der Waals surface area contributed by atoms with Crippen LogP contribution in [0.15, 0.2) is 12.7 Å². The van der Waals surface area contributed by atoms with E-state index in [1.165, 1.54) is 6.33 Å².